The Balaban J connectivity index is 2.26. The summed E-state index contributed by atoms with van der Waals surface area (Å²) >= 11 is 0. The molecule has 1 unspecified atom stereocenters. The molecule has 0 radical (unpaired) electrons. The second-order valence-corrected chi connectivity index (χ2v) is 6.47. The van der Waals surface area contributed by atoms with Crippen molar-refractivity contribution in [2.24, 2.45) is 0 Å². The number of hydrogen-bond acceptors (Lipinski definition) is 5. The molecule has 9 heteroatoms. The average molecular weight is 307 g/mol. The number of pyridine rings is 1. The summed E-state index contributed by atoms with van der Waals surface area (Å²) in [5.41, 5.74) is 0. The molecule has 2 N–H and O–H groups in total. The van der Waals surface area contributed by atoms with Gasteiger partial charge in [0.05, 0.1) is 19.2 Å². The van der Waals surface area contributed by atoms with E-state index in [1.165, 1.54) is 24.1 Å². The predicted octanol–water partition coefficient (Wildman–Crippen LogP) is 0.196. The van der Waals surface area contributed by atoms with Gasteiger partial charge < -0.3 is 10.0 Å². The van der Waals surface area contributed by atoms with Crippen molar-refractivity contribution in [2.75, 3.05) is 25.1 Å². The van der Waals surface area contributed by atoms with Crippen LogP contribution in [0.3, 0.4) is 0 Å². The molecule has 112 valence electrons. The van der Waals surface area contributed by atoms with Crippen molar-refractivity contribution in [3.05, 3.63) is 18.3 Å². The molecule has 0 amide bonds. The van der Waals surface area contributed by atoms with Crippen molar-refractivity contribution in [3.63, 3.8) is 0 Å². The second-order valence-electron chi connectivity index (χ2n) is 4.58. The van der Waals surface area contributed by atoms with Crippen LogP contribution >= 0.6 is 0 Å². The van der Waals surface area contributed by atoms with Crippen LogP contribution in [0.1, 0.15) is 6.42 Å². The van der Waals surface area contributed by atoms with E-state index in [4.69, 9.17) is 5.11 Å². The van der Waals surface area contributed by atoms with E-state index in [2.05, 4.69) is 9.71 Å². The Morgan fingerprint density at radius 2 is 2.25 bits per heavy atom. The van der Waals surface area contributed by atoms with E-state index < -0.39 is 41.6 Å². The van der Waals surface area contributed by atoms with Crippen molar-refractivity contribution in [2.45, 2.75) is 23.3 Å². The fourth-order valence-corrected chi connectivity index (χ4v) is 2.82. The van der Waals surface area contributed by atoms with Crippen LogP contribution in [0.5, 0.6) is 0 Å². The molecule has 6 nitrogen and oxygen atoms in total. The summed E-state index contributed by atoms with van der Waals surface area (Å²) in [5, 5.41) is 9.14. The number of alkyl halides is 2. The van der Waals surface area contributed by atoms with Gasteiger partial charge in [-0.1, -0.05) is 0 Å². The Morgan fingerprint density at radius 3 is 2.75 bits per heavy atom. The summed E-state index contributed by atoms with van der Waals surface area (Å²) in [7, 11) is -2.34. The van der Waals surface area contributed by atoms with Gasteiger partial charge in [0, 0.05) is 12.6 Å². The van der Waals surface area contributed by atoms with E-state index in [1.54, 1.807) is 0 Å². The molecule has 1 aliphatic rings. The number of halogens is 2. The number of hydrogen-bond donors (Lipinski definition) is 2. The molecule has 20 heavy (non-hydrogen) atoms. The summed E-state index contributed by atoms with van der Waals surface area (Å²) in [4.78, 5) is 5.14. The first-order valence-corrected chi connectivity index (χ1v) is 7.42. The van der Waals surface area contributed by atoms with E-state index >= 15 is 0 Å². The minimum Gasteiger partial charge on any atom is -0.394 e. The summed E-state index contributed by atoms with van der Waals surface area (Å²) in [6.07, 6.45) is 0.661. The molecular weight excluding hydrogens is 292 g/mol. The third kappa shape index (κ3) is 2.89. The molecule has 2 rings (SSSR count). The van der Waals surface area contributed by atoms with Gasteiger partial charge in [-0.25, -0.2) is 26.9 Å². The lowest BCUT2D eigenvalue weighted by Gasteiger charge is -2.23. The number of nitrogens with zero attached hydrogens (tertiary/aromatic N) is 2. The third-order valence-corrected chi connectivity index (χ3v) is 4.58. The van der Waals surface area contributed by atoms with E-state index in [0.29, 0.717) is 0 Å². The Morgan fingerprint density at radius 1 is 1.55 bits per heavy atom. The molecule has 1 aromatic rings. The van der Waals surface area contributed by atoms with Crippen molar-refractivity contribution >= 4 is 15.8 Å². The lowest BCUT2D eigenvalue weighted by atomic mass is 10.2. The Hall–Kier alpha value is -1.32. The molecule has 0 aromatic carbocycles. The van der Waals surface area contributed by atoms with E-state index in [9.17, 15) is 17.2 Å². The summed E-state index contributed by atoms with van der Waals surface area (Å²) in [6, 6.07) is 1.93. The van der Waals surface area contributed by atoms with Gasteiger partial charge in [0.1, 0.15) is 10.7 Å². The molecule has 2 heterocycles. The highest BCUT2D eigenvalue weighted by atomic mass is 32.2. The van der Waals surface area contributed by atoms with E-state index in [1.807, 2.05) is 0 Å². The molecule has 0 saturated carbocycles. The van der Waals surface area contributed by atoms with Gasteiger partial charge in [0.25, 0.3) is 5.92 Å². The number of aliphatic hydroxyl groups excluding tert-OH is 1. The van der Waals surface area contributed by atoms with Crippen molar-refractivity contribution in [3.8, 4) is 0 Å². The number of anilines is 1. The number of rotatable bonds is 4. The molecule has 1 atom stereocenters. The summed E-state index contributed by atoms with van der Waals surface area (Å²) < 4.78 is 51.9. The predicted molar refractivity (Wildman–Crippen MR) is 68.3 cm³/mol. The van der Waals surface area contributed by atoms with Crippen LogP contribution in [0.15, 0.2) is 23.2 Å². The molecule has 0 aliphatic carbocycles. The number of aromatic nitrogens is 1. The van der Waals surface area contributed by atoms with Gasteiger partial charge in [-0.15, -0.1) is 0 Å². The molecule has 1 fully saturated rings. The van der Waals surface area contributed by atoms with Gasteiger partial charge in [-0.2, -0.15) is 0 Å². The van der Waals surface area contributed by atoms with Crippen LogP contribution in [0.25, 0.3) is 0 Å². The second kappa shape index (κ2) is 5.23. The largest absolute Gasteiger partial charge is 0.394 e. The SMILES string of the molecule is CNS(=O)(=O)c1ccc(N2CC(F)(F)CC2CO)nc1. The van der Waals surface area contributed by atoms with Crippen molar-refractivity contribution in [1.29, 1.82) is 0 Å². The molecule has 1 saturated heterocycles. The van der Waals surface area contributed by atoms with Gasteiger partial charge in [0.15, 0.2) is 0 Å². The standard InChI is InChI=1S/C11H15F2N3O3S/c1-14-20(18,19)9-2-3-10(15-5-9)16-7-11(12,13)4-8(16)6-17/h2-3,5,8,14,17H,4,6-7H2,1H3. The van der Waals surface area contributed by atoms with Crippen molar-refractivity contribution in [1.82, 2.24) is 9.71 Å². The molecular formula is C11H15F2N3O3S. The van der Waals surface area contributed by atoms with Crippen LogP contribution in [-0.4, -0.2) is 50.7 Å². The van der Waals surface area contributed by atoms with Crippen molar-refractivity contribution < 1.29 is 22.3 Å². The fourth-order valence-electron chi connectivity index (χ4n) is 2.15. The van der Waals surface area contributed by atoms with Crippen LogP contribution in [0.4, 0.5) is 14.6 Å². The summed E-state index contributed by atoms with van der Waals surface area (Å²) in [6.45, 7) is -0.947. The zero-order valence-electron chi connectivity index (χ0n) is 10.8. The number of aliphatic hydroxyl groups is 1. The highest BCUT2D eigenvalue weighted by molar-refractivity contribution is 7.89. The number of sulfonamides is 1. The van der Waals surface area contributed by atoms with Crippen LogP contribution in [0.2, 0.25) is 0 Å². The third-order valence-electron chi connectivity index (χ3n) is 3.18. The minimum atomic E-state index is -3.61. The normalized spacial score (nSPS) is 22.2. The average Bonchev–Trinajstić information content (AvgIpc) is 2.74. The molecule has 1 aromatic heterocycles. The molecule has 0 spiro atoms. The maximum absolute atomic E-state index is 13.4. The van der Waals surface area contributed by atoms with E-state index in [0.717, 1.165) is 6.20 Å². The zero-order chi connectivity index (χ0) is 15.0. The Bertz CT molecular complexity index is 577. The Labute approximate surface area is 115 Å². The van der Waals surface area contributed by atoms with Crippen LogP contribution < -0.4 is 9.62 Å². The summed E-state index contributed by atoms with van der Waals surface area (Å²) in [5.74, 6) is -2.67. The first kappa shape index (κ1) is 15.1. The van der Waals surface area contributed by atoms with Crippen LogP contribution in [0, 0.1) is 0 Å². The van der Waals surface area contributed by atoms with Gasteiger partial charge in [0.2, 0.25) is 10.0 Å². The smallest absolute Gasteiger partial charge is 0.267 e. The maximum Gasteiger partial charge on any atom is 0.267 e. The van der Waals surface area contributed by atoms with Gasteiger partial charge >= 0.3 is 0 Å². The zero-order valence-corrected chi connectivity index (χ0v) is 11.6. The van der Waals surface area contributed by atoms with E-state index in [-0.39, 0.29) is 10.7 Å². The molecule has 0 bridgehead atoms. The quantitative estimate of drug-likeness (QED) is 0.830. The fraction of sp³-hybridized carbons (Fsp3) is 0.545. The molecule has 1 aliphatic heterocycles. The first-order valence-electron chi connectivity index (χ1n) is 5.94. The monoisotopic (exact) mass is 307 g/mol. The number of nitrogens with one attached hydrogen (secondary N) is 1. The highest BCUT2D eigenvalue weighted by Crippen LogP contribution is 2.34. The highest BCUT2D eigenvalue weighted by Gasteiger charge is 2.45. The Kier molecular flexibility index (Phi) is 3.94. The minimum absolute atomic E-state index is 0.0461. The van der Waals surface area contributed by atoms with Crippen LogP contribution in [-0.2, 0) is 10.0 Å². The topological polar surface area (TPSA) is 82.5 Å². The first-order chi connectivity index (χ1) is 9.29. The van der Waals surface area contributed by atoms with Gasteiger partial charge in [-0.3, -0.25) is 0 Å². The lowest BCUT2D eigenvalue weighted by molar-refractivity contribution is 0.0201. The lowest BCUT2D eigenvalue weighted by Crippen LogP contribution is -2.33. The maximum atomic E-state index is 13.4. The van der Waals surface area contributed by atoms with Gasteiger partial charge in [-0.05, 0) is 19.2 Å².